The molecule has 5 fully saturated rings. The molecule has 0 unspecified atom stereocenters. The summed E-state index contributed by atoms with van der Waals surface area (Å²) in [7, 11) is 0. The maximum absolute atomic E-state index is 12.5. The number of carboxylic acid groups (broad SMARTS) is 1. The van der Waals surface area contributed by atoms with E-state index in [-0.39, 0.29) is 30.6 Å². The van der Waals surface area contributed by atoms with E-state index in [0.717, 1.165) is 19.3 Å². The van der Waals surface area contributed by atoms with E-state index in [2.05, 4.69) is 12.2 Å². The Morgan fingerprint density at radius 2 is 1.85 bits per heavy atom. The van der Waals surface area contributed by atoms with Crippen LogP contribution >= 0.6 is 0 Å². The van der Waals surface area contributed by atoms with Crippen LogP contribution in [0.3, 0.4) is 0 Å². The van der Waals surface area contributed by atoms with Gasteiger partial charge in [0.1, 0.15) is 0 Å². The van der Waals surface area contributed by atoms with Gasteiger partial charge in [-0.05, 0) is 44.9 Å². The molecule has 11 nitrogen and oxygen atoms in total. The van der Waals surface area contributed by atoms with Crippen LogP contribution < -0.4 is 5.32 Å². The second-order valence-corrected chi connectivity index (χ2v) is 10.4. The molecule has 34 heavy (non-hydrogen) atoms. The number of aliphatic hydroxyl groups is 1. The molecule has 5 aliphatic rings. The van der Waals surface area contributed by atoms with Crippen LogP contribution in [-0.2, 0) is 38.4 Å². The van der Waals surface area contributed by atoms with Gasteiger partial charge in [0.05, 0.1) is 12.5 Å². The van der Waals surface area contributed by atoms with Gasteiger partial charge >= 0.3 is 11.9 Å². The van der Waals surface area contributed by atoms with Crippen LogP contribution in [0, 0.1) is 23.7 Å². The third-order valence-corrected chi connectivity index (χ3v) is 7.97. The number of esters is 1. The van der Waals surface area contributed by atoms with E-state index in [4.69, 9.17) is 29.1 Å². The number of aliphatic carboxylic acids is 1. The van der Waals surface area contributed by atoms with Crippen LogP contribution in [0.1, 0.15) is 66.2 Å². The van der Waals surface area contributed by atoms with Crippen LogP contribution in [-0.4, -0.2) is 64.2 Å². The molecule has 4 aliphatic heterocycles. The molecular weight excluding hydrogens is 450 g/mol. The zero-order chi connectivity index (χ0) is 24.8. The number of amides is 1. The van der Waals surface area contributed by atoms with E-state index in [1.807, 2.05) is 13.8 Å². The molecule has 0 aromatic rings. The summed E-state index contributed by atoms with van der Waals surface area (Å²) in [5, 5.41) is 20.8. The predicted molar refractivity (Wildman–Crippen MR) is 113 cm³/mol. The predicted octanol–water partition coefficient (Wildman–Crippen LogP) is 1.47. The Hall–Kier alpha value is -1.79. The number of carbonyl (C=O) groups is 3. The van der Waals surface area contributed by atoms with Crippen molar-refractivity contribution >= 4 is 17.8 Å². The van der Waals surface area contributed by atoms with Crippen LogP contribution in [0.5, 0.6) is 0 Å². The number of rotatable bonds is 7. The van der Waals surface area contributed by atoms with Crippen molar-refractivity contribution in [2.45, 2.75) is 102 Å². The topological polar surface area (TPSA) is 150 Å². The van der Waals surface area contributed by atoms with Crippen LogP contribution in [0.4, 0.5) is 0 Å². The van der Waals surface area contributed by atoms with Gasteiger partial charge in [0.25, 0.3) is 0 Å². The smallest absolute Gasteiger partial charge is 0.328 e. The molecule has 1 amide bonds. The second kappa shape index (κ2) is 9.34. The van der Waals surface area contributed by atoms with E-state index >= 15 is 0 Å². The molecule has 1 spiro atoms. The standard InChI is InChI=1S/C23H35NO10/c1-11-5-6-15-12(2)20(30-17(27)8-7-16(26)24-18(13(3)25)19(28)29)31-21-23(15)14(11)9-10-22(4,32-21)33-34-23/h11-15,18,20-21,25H,5-10H2,1-4H3,(H,24,26)(H,28,29)/t11-,12-,13+,14+,15+,18-,20-,21-,22-,23-/m1/s1. The number of ether oxygens (including phenoxy) is 3. The third kappa shape index (κ3) is 4.44. The Morgan fingerprint density at radius 1 is 1.12 bits per heavy atom. The molecule has 192 valence electrons. The molecule has 11 heteroatoms. The molecule has 1 saturated carbocycles. The molecule has 0 aromatic heterocycles. The quantitative estimate of drug-likeness (QED) is 0.357. The van der Waals surface area contributed by atoms with E-state index < -0.39 is 54.0 Å². The fraction of sp³-hybridized carbons (Fsp3) is 0.870. The fourth-order valence-electron chi connectivity index (χ4n) is 6.05. The second-order valence-electron chi connectivity index (χ2n) is 10.4. The summed E-state index contributed by atoms with van der Waals surface area (Å²) in [5.74, 6) is -3.19. The number of carboxylic acids is 1. The Labute approximate surface area is 198 Å². The lowest BCUT2D eigenvalue weighted by atomic mass is 9.58. The zero-order valence-electron chi connectivity index (χ0n) is 20.0. The van der Waals surface area contributed by atoms with E-state index in [1.165, 1.54) is 6.92 Å². The van der Waals surface area contributed by atoms with Crippen molar-refractivity contribution in [3.8, 4) is 0 Å². The average molecular weight is 486 g/mol. The summed E-state index contributed by atoms with van der Waals surface area (Å²) in [6.45, 7) is 7.24. The highest BCUT2D eigenvalue weighted by atomic mass is 17.3. The lowest BCUT2D eigenvalue weighted by molar-refractivity contribution is -0.576. The van der Waals surface area contributed by atoms with Gasteiger partial charge in [0.2, 0.25) is 18.0 Å². The SMILES string of the molecule is C[C@H]1[C@H](OC(=O)CCC(=O)N[C@@H](C(=O)O)[C@H](C)O)O[C@@H]2O[C@@]3(C)CC[C@H]4[C@H](C)CC[C@@H]1[C@@]24OO3. The van der Waals surface area contributed by atoms with E-state index in [1.54, 1.807) is 0 Å². The Balaban J connectivity index is 1.40. The first-order valence-electron chi connectivity index (χ1n) is 12.1. The molecule has 5 rings (SSSR count). The highest BCUT2D eigenvalue weighted by Gasteiger charge is 2.69. The van der Waals surface area contributed by atoms with Gasteiger partial charge in [0.15, 0.2) is 17.9 Å². The van der Waals surface area contributed by atoms with Crippen molar-refractivity contribution in [1.82, 2.24) is 5.32 Å². The molecule has 4 saturated heterocycles. The Kier molecular flexibility index (Phi) is 6.96. The summed E-state index contributed by atoms with van der Waals surface area (Å²) in [6.07, 6.45) is 0.00572. The van der Waals surface area contributed by atoms with Gasteiger partial charge in [-0.1, -0.05) is 13.8 Å². The first kappa shape index (κ1) is 25.3. The minimum absolute atomic E-state index is 0.00133. The van der Waals surface area contributed by atoms with Crippen molar-refractivity contribution in [3.05, 3.63) is 0 Å². The highest BCUT2D eigenvalue weighted by Crippen LogP contribution is 2.60. The lowest BCUT2D eigenvalue weighted by Crippen LogP contribution is -2.70. The minimum atomic E-state index is -1.45. The first-order chi connectivity index (χ1) is 16.0. The van der Waals surface area contributed by atoms with Crippen molar-refractivity contribution in [2.24, 2.45) is 23.7 Å². The third-order valence-electron chi connectivity index (χ3n) is 7.97. The number of hydrogen-bond acceptors (Lipinski definition) is 9. The van der Waals surface area contributed by atoms with Crippen molar-refractivity contribution in [3.63, 3.8) is 0 Å². The monoisotopic (exact) mass is 485 g/mol. The molecule has 2 bridgehead atoms. The molecule has 0 aromatic carbocycles. The molecule has 1 aliphatic carbocycles. The van der Waals surface area contributed by atoms with Gasteiger partial charge in [0, 0.05) is 24.7 Å². The van der Waals surface area contributed by atoms with Gasteiger partial charge < -0.3 is 29.7 Å². The largest absolute Gasteiger partial charge is 0.480 e. The number of aliphatic hydroxyl groups excluding tert-OH is 1. The molecule has 10 atom stereocenters. The van der Waals surface area contributed by atoms with Crippen molar-refractivity contribution in [1.29, 1.82) is 0 Å². The van der Waals surface area contributed by atoms with Crippen LogP contribution in [0.25, 0.3) is 0 Å². The summed E-state index contributed by atoms with van der Waals surface area (Å²) in [4.78, 5) is 47.6. The molecule has 4 heterocycles. The molecule has 3 N–H and O–H groups in total. The maximum atomic E-state index is 12.5. The summed E-state index contributed by atoms with van der Waals surface area (Å²) >= 11 is 0. The molecular formula is C23H35NO10. The lowest BCUT2D eigenvalue weighted by Gasteiger charge is -2.59. The molecule has 0 radical (unpaired) electrons. The number of hydrogen-bond donors (Lipinski definition) is 3. The van der Waals surface area contributed by atoms with Crippen LogP contribution in [0.15, 0.2) is 0 Å². The van der Waals surface area contributed by atoms with E-state index in [0.29, 0.717) is 12.3 Å². The number of fused-ring (bicyclic) bond motifs is 2. The van der Waals surface area contributed by atoms with Crippen molar-refractivity contribution in [2.75, 3.05) is 0 Å². The van der Waals surface area contributed by atoms with Crippen molar-refractivity contribution < 1.29 is 48.6 Å². The maximum Gasteiger partial charge on any atom is 0.328 e. The summed E-state index contributed by atoms with van der Waals surface area (Å²) < 4.78 is 18.0. The Bertz CT molecular complexity index is 820. The van der Waals surface area contributed by atoms with Crippen LogP contribution in [0.2, 0.25) is 0 Å². The average Bonchev–Trinajstić information content (AvgIpc) is 2.99. The zero-order valence-corrected chi connectivity index (χ0v) is 20.0. The van der Waals surface area contributed by atoms with E-state index in [9.17, 15) is 19.5 Å². The van der Waals surface area contributed by atoms with Gasteiger partial charge in [-0.15, -0.1) is 0 Å². The van der Waals surface area contributed by atoms with Gasteiger partial charge in [-0.25, -0.2) is 14.6 Å². The van der Waals surface area contributed by atoms with Gasteiger partial charge in [-0.2, -0.15) is 0 Å². The summed E-state index contributed by atoms with van der Waals surface area (Å²) in [5.41, 5.74) is -0.761. The minimum Gasteiger partial charge on any atom is -0.480 e. The number of nitrogens with one attached hydrogen (secondary N) is 1. The highest BCUT2D eigenvalue weighted by molar-refractivity contribution is 5.86. The van der Waals surface area contributed by atoms with Gasteiger partial charge in [-0.3, -0.25) is 9.59 Å². The Morgan fingerprint density at radius 3 is 2.53 bits per heavy atom. The first-order valence-corrected chi connectivity index (χ1v) is 12.1. The summed E-state index contributed by atoms with van der Waals surface area (Å²) in [6, 6.07) is -1.45. The normalized spacial score (nSPS) is 42.6. The fourth-order valence-corrected chi connectivity index (χ4v) is 6.05. The number of carbonyl (C=O) groups excluding carboxylic acids is 2.